The molecule has 0 spiro atoms. The number of ether oxygens (including phenoxy) is 1. The van der Waals surface area contributed by atoms with E-state index in [1.54, 1.807) is 7.11 Å². The van der Waals surface area contributed by atoms with Crippen molar-refractivity contribution in [3.8, 4) is 0 Å². The van der Waals surface area contributed by atoms with Gasteiger partial charge >= 0.3 is 0 Å². The molecule has 0 atom stereocenters. The third kappa shape index (κ3) is 3.41. The van der Waals surface area contributed by atoms with Crippen LogP contribution in [0.3, 0.4) is 0 Å². The number of benzene rings is 1. The summed E-state index contributed by atoms with van der Waals surface area (Å²) in [5.41, 5.74) is 0.816. The van der Waals surface area contributed by atoms with E-state index in [4.69, 9.17) is 4.74 Å². The first-order chi connectivity index (χ1) is 9.69. The van der Waals surface area contributed by atoms with E-state index >= 15 is 0 Å². The van der Waals surface area contributed by atoms with Crippen LogP contribution in [0.2, 0.25) is 0 Å². The SMILES string of the molecule is COCCCNC(=O)C1(c2ccc(Br)cc2)CCCC1. The van der Waals surface area contributed by atoms with Gasteiger partial charge in [0.25, 0.3) is 0 Å². The lowest BCUT2D eigenvalue weighted by Gasteiger charge is -2.28. The number of hydrogen-bond donors (Lipinski definition) is 1. The van der Waals surface area contributed by atoms with Gasteiger partial charge in [-0.05, 0) is 37.0 Å². The van der Waals surface area contributed by atoms with E-state index < -0.39 is 0 Å². The molecule has 0 aliphatic heterocycles. The second-order valence-electron chi connectivity index (χ2n) is 5.40. The Morgan fingerprint density at radius 3 is 2.55 bits per heavy atom. The predicted octanol–water partition coefficient (Wildman–Crippen LogP) is 3.41. The first-order valence-electron chi connectivity index (χ1n) is 7.22. The summed E-state index contributed by atoms with van der Waals surface area (Å²) >= 11 is 3.45. The van der Waals surface area contributed by atoms with Gasteiger partial charge in [0.1, 0.15) is 0 Å². The van der Waals surface area contributed by atoms with Gasteiger partial charge in [0.05, 0.1) is 5.41 Å². The van der Waals surface area contributed by atoms with Crippen LogP contribution in [-0.4, -0.2) is 26.2 Å². The molecule has 0 aromatic heterocycles. The summed E-state index contributed by atoms with van der Waals surface area (Å²) in [6, 6.07) is 8.19. The molecule has 0 unspecified atom stereocenters. The van der Waals surface area contributed by atoms with Crippen molar-refractivity contribution in [2.75, 3.05) is 20.3 Å². The topological polar surface area (TPSA) is 38.3 Å². The van der Waals surface area contributed by atoms with Crippen LogP contribution in [0.5, 0.6) is 0 Å². The van der Waals surface area contributed by atoms with Crippen molar-refractivity contribution in [3.63, 3.8) is 0 Å². The average molecular weight is 340 g/mol. The first-order valence-corrected chi connectivity index (χ1v) is 8.02. The molecule has 2 rings (SSSR count). The fraction of sp³-hybridized carbons (Fsp3) is 0.562. The molecular weight excluding hydrogens is 318 g/mol. The van der Waals surface area contributed by atoms with E-state index in [1.165, 1.54) is 0 Å². The quantitative estimate of drug-likeness (QED) is 0.806. The predicted molar refractivity (Wildman–Crippen MR) is 83.8 cm³/mol. The number of carbonyl (C=O) groups is 1. The Bertz CT molecular complexity index is 438. The van der Waals surface area contributed by atoms with Crippen molar-refractivity contribution in [1.29, 1.82) is 0 Å². The van der Waals surface area contributed by atoms with Crippen molar-refractivity contribution in [1.82, 2.24) is 5.32 Å². The minimum atomic E-state index is -0.326. The summed E-state index contributed by atoms with van der Waals surface area (Å²) in [6.45, 7) is 1.37. The van der Waals surface area contributed by atoms with Crippen molar-refractivity contribution in [3.05, 3.63) is 34.3 Å². The van der Waals surface area contributed by atoms with Crippen LogP contribution < -0.4 is 5.32 Å². The minimum Gasteiger partial charge on any atom is -0.385 e. The lowest BCUT2D eigenvalue weighted by molar-refractivity contribution is -0.126. The zero-order chi connectivity index (χ0) is 14.4. The zero-order valence-corrected chi connectivity index (χ0v) is 13.5. The smallest absolute Gasteiger partial charge is 0.230 e. The summed E-state index contributed by atoms with van der Waals surface area (Å²) in [5, 5.41) is 3.08. The molecule has 110 valence electrons. The Hall–Kier alpha value is -0.870. The highest BCUT2D eigenvalue weighted by Gasteiger charge is 2.42. The fourth-order valence-corrected chi connectivity index (χ4v) is 3.25. The van der Waals surface area contributed by atoms with Crippen molar-refractivity contribution >= 4 is 21.8 Å². The molecule has 1 aromatic carbocycles. The number of carbonyl (C=O) groups excluding carboxylic acids is 1. The molecule has 1 saturated carbocycles. The van der Waals surface area contributed by atoms with Gasteiger partial charge in [-0.25, -0.2) is 0 Å². The minimum absolute atomic E-state index is 0.174. The maximum Gasteiger partial charge on any atom is 0.230 e. The van der Waals surface area contributed by atoms with E-state index in [9.17, 15) is 4.79 Å². The molecule has 1 amide bonds. The van der Waals surface area contributed by atoms with E-state index in [-0.39, 0.29) is 11.3 Å². The van der Waals surface area contributed by atoms with Crippen LogP contribution in [0.4, 0.5) is 0 Å². The summed E-state index contributed by atoms with van der Waals surface area (Å²) < 4.78 is 6.07. The van der Waals surface area contributed by atoms with Gasteiger partial charge in [0.15, 0.2) is 0 Å². The standard InChI is InChI=1S/C16H22BrNO2/c1-20-12-4-11-18-15(19)16(9-2-3-10-16)13-5-7-14(17)8-6-13/h5-8H,2-4,9-12H2,1H3,(H,18,19). The maximum absolute atomic E-state index is 12.7. The van der Waals surface area contributed by atoms with Gasteiger partial charge in [-0.3, -0.25) is 4.79 Å². The molecule has 1 aliphatic rings. The lowest BCUT2D eigenvalue weighted by Crippen LogP contribution is -2.43. The lowest BCUT2D eigenvalue weighted by atomic mass is 9.78. The van der Waals surface area contributed by atoms with Crippen LogP contribution in [0.1, 0.15) is 37.7 Å². The molecule has 3 nitrogen and oxygen atoms in total. The molecule has 0 bridgehead atoms. The molecule has 0 radical (unpaired) electrons. The third-order valence-electron chi connectivity index (χ3n) is 4.10. The van der Waals surface area contributed by atoms with Crippen molar-refractivity contribution < 1.29 is 9.53 Å². The molecule has 1 N–H and O–H groups in total. The van der Waals surface area contributed by atoms with Gasteiger partial charge in [0, 0.05) is 24.7 Å². The Morgan fingerprint density at radius 1 is 1.30 bits per heavy atom. The third-order valence-corrected chi connectivity index (χ3v) is 4.63. The Kier molecular flexibility index (Phi) is 5.61. The number of methoxy groups -OCH3 is 1. The van der Waals surface area contributed by atoms with Gasteiger partial charge < -0.3 is 10.1 Å². The van der Waals surface area contributed by atoms with Crippen molar-refractivity contribution in [2.24, 2.45) is 0 Å². The number of nitrogens with one attached hydrogen (secondary N) is 1. The maximum atomic E-state index is 12.7. The zero-order valence-electron chi connectivity index (χ0n) is 12.0. The molecule has 0 heterocycles. The van der Waals surface area contributed by atoms with Gasteiger partial charge in [-0.15, -0.1) is 0 Å². The summed E-state index contributed by atoms with van der Waals surface area (Å²) in [6.07, 6.45) is 5.01. The van der Waals surface area contributed by atoms with E-state index in [0.717, 1.165) is 42.1 Å². The summed E-state index contributed by atoms with van der Waals surface area (Å²) in [7, 11) is 1.68. The number of rotatable bonds is 6. The normalized spacial score (nSPS) is 17.1. The molecule has 1 fully saturated rings. The Morgan fingerprint density at radius 2 is 1.95 bits per heavy atom. The van der Waals surface area contributed by atoms with Gasteiger partial charge in [-0.2, -0.15) is 0 Å². The number of halogens is 1. The first kappa shape index (κ1) is 15.5. The van der Waals surface area contributed by atoms with E-state index in [0.29, 0.717) is 13.2 Å². The van der Waals surface area contributed by atoms with Crippen LogP contribution in [0, 0.1) is 0 Å². The second-order valence-corrected chi connectivity index (χ2v) is 6.31. The monoisotopic (exact) mass is 339 g/mol. The van der Waals surface area contributed by atoms with Crippen LogP contribution in [0.25, 0.3) is 0 Å². The average Bonchev–Trinajstić information content (AvgIpc) is 2.95. The second kappa shape index (κ2) is 7.23. The summed E-state index contributed by atoms with van der Waals surface area (Å²) in [5.74, 6) is 0.174. The van der Waals surface area contributed by atoms with E-state index in [2.05, 4.69) is 33.4 Å². The molecule has 0 saturated heterocycles. The molecule has 1 aromatic rings. The molecular formula is C16H22BrNO2. The fourth-order valence-electron chi connectivity index (χ4n) is 2.98. The molecule has 20 heavy (non-hydrogen) atoms. The van der Waals surface area contributed by atoms with Crippen LogP contribution in [-0.2, 0) is 14.9 Å². The van der Waals surface area contributed by atoms with E-state index in [1.807, 2.05) is 12.1 Å². The number of hydrogen-bond acceptors (Lipinski definition) is 2. The highest BCUT2D eigenvalue weighted by molar-refractivity contribution is 9.10. The highest BCUT2D eigenvalue weighted by Crippen LogP contribution is 2.41. The highest BCUT2D eigenvalue weighted by atomic mass is 79.9. The Balaban J connectivity index is 2.09. The van der Waals surface area contributed by atoms with Crippen LogP contribution in [0.15, 0.2) is 28.7 Å². The van der Waals surface area contributed by atoms with Crippen molar-refractivity contribution in [2.45, 2.75) is 37.5 Å². The Labute approximate surface area is 129 Å². The molecule has 1 aliphatic carbocycles. The molecule has 4 heteroatoms. The van der Waals surface area contributed by atoms with Crippen LogP contribution >= 0.6 is 15.9 Å². The van der Waals surface area contributed by atoms with Gasteiger partial charge in [-0.1, -0.05) is 40.9 Å². The number of amides is 1. The largest absolute Gasteiger partial charge is 0.385 e. The van der Waals surface area contributed by atoms with Gasteiger partial charge in [0.2, 0.25) is 5.91 Å². The summed E-state index contributed by atoms with van der Waals surface area (Å²) in [4.78, 5) is 12.7.